The van der Waals surface area contributed by atoms with Crippen LogP contribution in [0, 0.1) is 17.9 Å². The number of hydrogen-bond acceptors (Lipinski definition) is 12. The second-order valence-corrected chi connectivity index (χ2v) is 15.8. The molecule has 1 aliphatic heterocycles. The predicted molar refractivity (Wildman–Crippen MR) is 211 cm³/mol. The number of nitriles is 1. The van der Waals surface area contributed by atoms with Crippen molar-refractivity contribution in [3.8, 4) is 11.8 Å². The highest BCUT2D eigenvalue weighted by molar-refractivity contribution is 7.47. The molecule has 6 atom stereocenters. The quantitative estimate of drug-likeness (QED) is 0.0318. The standard InChI is InChI=1S/C40H59N6O9P/c1-3-4-5-6-7-8-9-10-11-12-13-14-15-16-17-18-24-51-26-33(54-32-21-19-20-31(25-32)43-2)27-52-56(49,50)53-28-35-37(47)38(48)40(29-41,55-35)36-23-22-34-39(42)44-30-45-46(34)36/h19-23,25,30,33,35,37-38,47-48H,3-18,24,26-28H2,1H3,(H,49,50)(H2,42,44,45)/t33-,35-,37-,38-,40+/m1/s1. The Bertz CT molecular complexity index is 1750. The highest BCUT2D eigenvalue weighted by Crippen LogP contribution is 2.46. The maximum Gasteiger partial charge on any atom is 0.472 e. The number of aromatic nitrogens is 3. The number of aliphatic hydroxyl groups excluding tert-OH is 2. The molecule has 5 N–H and O–H groups in total. The van der Waals surface area contributed by atoms with E-state index in [2.05, 4.69) is 21.9 Å². The van der Waals surface area contributed by atoms with Crippen LogP contribution in [-0.4, -0.2) is 80.5 Å². The molecule has 3 aromatic rings. The molecule has 0 spiro atoms. The molecule has 1 saturated heterocycles. The molecule has 2 aromatic heterocycles. The van der Waals surface area contributed by atoms with Gasteiger partial charge >= 0.3 is 7.82 Å². The van der Waals surface area contributed by atoms with E-state index in [1.807, 2.05) is 6.07 Å². The number of ether oxygens (including phenoxy) is 3. The summed E-state index contributed by atoms with van der Waals surface area (Å²) in [6, 6.07) is 11.4. The summed E-state index contributed by atoms with van der Waals surface area (Å²) in [4.78, 5) is 17.9. The highest BCUT2D eigenvalue weighted by Gasteiger charge is 2.58. The number of fused-ring (bicyclic) bond motifs is 1. The number of benzene rings is 1. The first-order chi connectivity index (χ1) is 27.1. The van der Waals surface area contributed by atoms with E-state index in [1.165, 1.54) is 106 Å². The maximum absolute atomic E-state index is 13.0. The first-order valence-electron chi connectivity index (χ1n) is 20.0. The van der Waals surface area contributed by atoms with Crippen LogP contribution in [0.3, 0.4) is 0 Å². The van der Waals surface area contributed by atoms with Crippen molar-refractivity contribution in [1.82, 2.24) is 14.6 Å². The van der Waals surface area contributed by atoms with E-state index in [-0.39, 0.29) is 18.1 Å². The summed E-state index contributed by atoms with van der Waals surface area (Å²) in [6.07, 6.45) is 15.8. The van der Waals surface area contributed by atoms with E-state index in [0.29, 0.717) is 23.6 Å². The van der Waals surface area contributed by atoms with Crippen LogP contribution in [-0.2, 0) is 28.7 Å². The summed E-state index contributed by atoms with van der Waals surface area (Å²) in [7, 11) is -4.78. The van der Waals surface area contributed by atoms with Crippen molar-refractivity contribution < 1.29 is 42.9 Å². The van der Waals surface area contributed by atoms with Gasteiger partial charge in [0, 0.05) is 6.61 Å². The SMILES string of the molecule is [C-]#[N+]c1cccc(O[C@H](COCCCCCCCCCCCCCCCCCC)COP(=O)(O)OC[C@H]2O[C@@](C#N)(c3ccc4c(N)ncnn34)[C@H](O)[C@@H]2O)c1. The van der Waals surface area contributed by atoms with E-state index in [0.717, 1.165) is 19.3 Å². The lowest BCUT2D eigenvalue weighted by Gasteiger charge is -2.24. The van der Waals surface area contributed by atoms with Crippen molar-refractivity contribution in [1.29, 1.82) is 5.26 Å². The number of nitrogen functional groups attached to an aromatic ring is 1. The van der Waals surface area contributed by atoms with Gasteiger partial charge in [-0.2, -0.15) is 10.4 Å². The lowest BCUT2D eigenvalue weighted by atomic mass is 9.92. The zero-order valence-electron chi connectivity index (χ0n) is 32.5. The van der Waals surface area contributed by atoms with Crippen LogP contribution in [0.15, 0.2) is 42.7 Å². The van der Waals surface area contributed by atoms with Gasteiger partial charge in [0.2, 0.25) is 5.60 Å². The Kier molecular flexibility index (Phi) is 19.0. The minimum Gasteiger partial charge on any atom is -0.487 e. The second-order valence-electron chi connectivity index (χ2n) is 14.4. The zero-order chi connectivity index (χ0) is 40.2. The third-order valence-corrected chi connectivity index (χ3v) is 11.0. The number of aliphatic hydroxyl groups is 2. The summed E-state index contributed by atoms with van der Waals surface area (Å²) in [5.74, 6) is 0.485. The van der Waals surface area contributed by atoms with Gasteiger partial charge in [-0.05, 0) is 30.7 Å². The normalized spacial score (nSPS) is 21.1. The highest BCUT2D eigenvalue weighted by atomic mass is 31.2. The molecule has 1 unspecified atom stereocenters. The van der Waals surface area contributed by atoms with E-state index < -0.39 is 51.1 Å². The molecular weight excluding hydrogens is 739 g/mol. The molecule has 16 heteroatoms. The van der Waals surface area contributed by atoms with Gasteiger partial charge in [-0.15, -0.1) is 0 Å². The molecule has 0 saturated carbocycles. The molecule has 15 nitrogen and oxygen atoms in total. The van der Waals surface area contributed by atoms with Crippen LogP contribution in [0.1, 0.15) is 115 Å². The second kappa shape index (κ2) is 23.6. The predicted octanol–water partition coefficient (Wildman–Crippen LogP) is 7.56. The van der Waals surface area contributed by atoms with E-state index in [1.54, 1.807) is 24.3 Å². The van der Waals surface area contributed by atoms with Gasteiger partial charge < -0.3 is 35.1 Å². The van der Waals surface area contributed by atoms with Gasteiger partial charge in [0.1, 0.15) is 48.1 Å². The fourth-order valence-electron chi connectivity index (χ4n) is 6.83. The molecule has 0 radical (unpaired) electrons. The Morgan fingerprint density at radius 1 is 0.982 bits per heavy atom. The average molecular weight is 799 g/mol. The van der Waals surface area contributed by atoms with Crippen LogP contribution >= 0.6 is 7.82 Å². The van der Waals surface area contributed by atoms with Gasteiger partial charge in [0.25, 0.3) is 0 Å². The Morgan fingerprint density at radius 2 is 1.62 bits per heavy atom. The first kappa shape index (κ1) is 45.1. The van der Waals surface area contributed by atoms with Crippen LogP contribution in [0.25, 0.3) is 10.4 Å². The molecule has 308 valence electrons. The van der Waals surface area contributed by atoms with Crippen LogP contribution in [0.4, 0.5) is 11.5 Å². The summed E-state index contributed by atoms with van der Waals surface area (Å²) in [5.41, 5.74) is 4.58. The molecule has 1 aliphatic rings. The topological polar surface area (TPSA) is 208 Å². The lowest BCUT2D eigenvalue weighted by molar-refractivity contribution is -0.0651. The molecule has 0 bridgehead atoms. The van der Waals surface area contributed by atoms with Crippen LogP contribution in [0.2, 0.25) is 0 Å². The van der Waals surface area contributed by atoms with Crippen molar-refractivity contribution >= 4 is 24.8 Å². The van der Waals surface area contributed by atoms with Gasteiger partial charge in [-0.1, -0.05) is 115 Å². The molecule has 3 heterocycles. The Morgan fingerprint density at radius 3 is 2.25 bits per heavy atom. The summed E-state index contributed by atoms with van der Waals surface area (Å²) in [5, 5.41) is 36.0. The molecule has 0 aliphatic carbocycles. The van der Waals surface area contributed by atoms with Crippen molar-refractivity contribution in [3.05, 3.63) is 59.8 Å². The van der Waals surface area contributed by atoms with Gasteiger partial charge in [-0.3, -0.25) is 9.05 Å². The lowest BCUT2D eigenvalue weighted by Crippen LogP contribution is -2.41. The Labute approximate surface area is 330 Å². The minimum absolute atomic E-state index is 0.0433. The van der Waals surface area contributed by atoms with E-state index in [4.69, 9.17) is 35.6 Å². The number of rotatable bonds is 28. The third kappa shape index (κ3) is 13.5. The number of phosphoric ester groups is 1. The number of unbranched alkanes of at least 4 members (excludes halogenated alkanes) is 15. The number of phosphoric acid groups is 1. The van der Waals surface area contributed by atoms with E-state index >= 15 is 0 Å². The maximum atomic E-state index is 13.0. The fourth-order valence-corrected chi connectivity index (χ4v) is 7.60. The average Bonchev–Trinajstić information content (AvgIpc) is 3.75. The molecule has 1 fully saturated rings. The minimum atomic E-state index is -4.78. The summed E-state index contributed by atoms with van der Waals surface area (Å²) < 4.78 is 42.4. The molecule has 1 aromatic carbocycles. The Hall–Kier alpha value is -3.63. The molecule has 0 amide bonds. The Balaban J connectivity index is 1.18. The van der Waals surface area contributed by atoms with E-state index in [9.17, 15) is 24.9 Å². The molecular formula is C40H59N6O9P. The van der Waals surface area contributed by atoms with Crippen LogP contribution in [0.5, 0.6) is 5.75 Å². The largest absolute Gasteiger partial charge is 0.487 e. The number of nitrogens with zero attached hydrogens (tertiary/aromatic N) is 5. The third-order valence-electron chi connectivity index (χ3n) is 10.0. The summed E-state index contributed by atoms with van der Waals surface area (Å²) >= 11 is 0. The van der Waals surface area contributed by atoms with Gasteiger partial charge in [0.15, 0.2) is 11.5 Å². The molecule has 56 heavy (non-hydrogen) atoms. The van der Waals surface area contributed by atoms with Crippen molar-refractivity contribution in [2.45, 2.75) is 140 Å². The van der Waals surface area contributed by atoms with Crippen molar-refractivity contribution in [3.63, 3.8) is 0 Å². The van der Waals surface area contributed by atoms with Gasteiger partial charge in [0.05, 0.1) is 32.1 Å². The molecule has 4 rings (SSSR count). The van der Waals surface area contributed by atoms with Crippen molar-refractivity contribution in [2.24, 2.45) is 0 Å². The fraction of sp³-hybridized carbons (Fsp3) is 0.650. The van der Waals surface area contributed by atoms with Crippen molar-refractivity contribution in [2.75, 3.05) is 32.2 Å². The number of nitrogens with two attached hydrogens (primary N) is 1. The van der Waals surface area contributed by atoms with Crippen LogP contribution < -0.4 is 10.5 Å². The summed E-state index contributed by atoms with van der Waals surface area (Å²) in [6.45, 7) is 8.96. The smallest absolute Gasteiger partial charge is 0.472 e. The number of hydrogen-bond donors (Lipinski definition) is 4. The zero-order valence-corrected chi connectivity index (χ0v) is 33.4. The monoisotopic (exact) mass is 798 g/mol. The van der Waals surface area contributed by atoms with Gasteiger partial charge in [-0.25, -0.2) is 18.9 Å². The first-order valence-corrected chi connectivity index (χ1v) is 21.5. The number of anilines is 1.